The number of likely N-dealkylation sites (tertiary alicyclic amines) is 1. The van der Waals surface area contributed by atoms with Gasteiger partial charge in [-0.05, 0) is 12.1 Å². The van der Waals surface area contributed by atoms with Crippen LogP contribution in [0, 0.1) is 11.3 Å². The average molecular weight is 296 g/mol. The zero-order chi connectivity index (χ0) is 13.7. The summed E-state index contributed by atoms with van der Waals surface area (Å²) in [6.45, 7) is 1.38. The summed E-state index contributed by atoms with van der Waals surface area (Å²) in [5, 5.41) is 9.00. The first-order valence-electron chi connectivity index (χ1n) is 6.38. The number of benzene rings is 1. The predicted molar refractivity (Wildman–Crippen MR) is 77.7 cm³/mol. The molecule has 0 radical (unpaired) electrons. The second-order valence-electron chi connectivity index (χ2n) is 4.51. The van der Waals surface area contributed by atoms with Crippen LogP contribution in [-0.4, -0.2) is 36.5 Å². The molecule has 0 spiro atoms. The number of halogens is 1. The maximum atomic E-state index is 11.4. The molecule has 0 saturated carbocycles. The Kier molecular flexibility index (Phi) is 6.29. The standard InChI is InChI=1S/C14H17N3O2.ClH/c15-9-11-3-1-2-4-13(11)19-12-5-7-17(8-6-12)14(18)10-16;/h1-4,12H,5-8,10,16H2;1H. The number of amides is 1. The topological polar surface area (TPSA) is 79.3 Å². The van der Waals surface area contributed by atoms with Crippen LogP contribution in [0.4, 0.5) is 0 Å². The van der Waals surface area contributed by atoms with E-state index in [0.717, 1.165) is 12.8 Å². The van der Waals surface area contributed by atoms with Crippen LogP contribution in [0.25, 0.3) is 0 Å². The van der Waals surface area contributed by atoms with Gasteiger partial charge in [-0.1, -0.05) is 12.1 Å². The number of piperidine rings is 1. The quantitative estimate of drug-likeness (QED) is 0.912. The van der Waals surface area contributed by atoms with Crippen molar-refractivity contribution in [3.8, 4) is 11.8 Å². The highest BCUT2D eigenvalue weighted by Gasteiger charge is 2.23. The molecule has 1 amide bonds. The molecule has 1 aliphatic heterocycles. The molecular formula is C14H18ClN3O2. The smallest absolute Gasteiger partial charge is 0.236 e. The summed E-state index contributed by atoms with van der Waals surface area (Å²) in [5.74, 6) is 0.601. The first-order chi connectivity index (χ1) is 9.24. The van der Waals surface area contributed by atoms with E-state index in [0.29, 0.717) is 24.4 Å². The van der Waals surface area contributed by atoms with E-state index in [9.17, 15) is 4.79 Å². The van der Waals surface area contributed by atoms with Crippen LogP contribution >= 0.6 is 12.4 Å². The van der Waals surface area contributed by atoms with Gasteiger partial charge >= 0.3 is 0 Å². The zero-order valence-electron chi connectivity index (χ0n) is 11.1. The van der Waals surface area contributed by atoms with Crippen LogP contribution < -0.4 is 10.5 Å². The third-order valence-electron chi connectivity index (χ3n) is 3.27. The van der Waals surface area contributed by atoms with Crippen LogP contribution in [0.3, 0.4) is 0 Å². The summed E-state index contributed by atoms with van der Waals surface area (Å²) in [7, 11) is 0. The van der Waals surface area contributed by atoms with E-state index in [2.05, 4.69) is 6.07 Å². The molecular weight excluding hydrogens is 278 g/mol. The van der Waals surface area contributed by atoms with E-state index < -0.39 is 0 Å². The van der Waals surface area contributed by atoms with E-state index in [1.54, 1.807) is 17.0 Å². The Balaban J connectivity index is 0.00000200. The Morgan fingerprint density at radius 3 is 2.65 bits per heavy atom. The minimum Gasteiger partial charge on any atom is -0.489 e. The van der Waals surface area contributed by atoms with Crippen LogP contribution in [0.2, 0.25) is 0 Å². The number of ether oxygens (including phenoxy) is 1. The molecule has 1 fully saturated rings. The van der Waals surface area contributed by atoms with Gasteiger partial charge in [0.15, 0.2) is 0 Å². The van der Waals surface area contributed by atoms with Gasteiger partial charge in [-0.15, -0.1) is 12.4 Å². The number of carbonyl (C=O) groups is 1. The summed E-state index contributed by atoms with van der Waals surface area (Å²) >= 11 is 0. The van der Waals surface area contributed by atoms with Crippen molar-refractivity contribution in [2.75, 3.05) is 19.6 Å². The number of hydrogen-bond acceptors (Lipinski definition) is 4. The maximum Gasteiger partial charge on any atom is 0.236 e. The normalized spacial score (nSPS) is 15.1. The number of para-hydroxylation sites is 1. The van der Waals surface area contributed by atoms with Crippen LogP contribution in [0.15, 0.2) is 24.3 Å². The molecule has 2 rings (SSSR count). The number of nitrogens with zero attached hydrogens (tertiary/aromatic N) is 2. The molecule has 1 aromatic carbocycles. The van der Waals surface area contributed by atoms with Crippen molar-refractivity contribution in [3.05, 3.63) is 29.8 Å². The van der Waals surface area contributed by atoms with Crippen molar-refractivity contribution in [1.82, 2.24) is 4.90 Å². The van der Waals surface area contributed by atoms with E-state index in [4.69, 9.17) is 15.7 Å². The molecule has 20 heavy (non-hydrogen) atoms. The molecule has 0 atom stereocenters. The van der Waals surface area contributed by atoms with Crippen molar-refractivity contribution in [2.45, 2.75) is 18.9 Å². The Hall–Kier alpha value is -1.77. The van der Waals surface area contributed by atoms with Gasteiger partial charge in [-0.3, -0.25) is 4.79 Å². The first kappa shape index (κ1) is 16.3. The zero-order valence-corrected chi connectivity index (χ0v) is 11.9. The fraction of sp³-hybridized carbons (Fsp3) is 0.429. The molecule has 1 aromatic rings. The minimum atomic E-state index is -0.0177. The van der Waals surface area contributed by atoms with Gasteiger partial charge in [0.1, 0.15) is 17.9 Å². The van der Waals surface area contributed by atoms with E-state index >= 15 is 0 Å². The van der Waals surface area contributed by atoms with Crippen molar-refractivity contribution >= 4 is 18.3 Å². The Bertz CT molecular complexity index is 493. The van der Waals surface area contributed by atoms with E-state index in [1.165, 1.54) is 0 Å². The van der Waals surface area contributed by atoms with Crippen molar-refractivity contribution in [3.63, 3.8) is 0 Å². The average Bonchev–Trinajstić information content (AvgIpc) is 2.48. The molecule has 1 aliphatic rings. The van der Waals surface area contributed by atoms with E-state index in [-0.39, 0.29) is 31.0 Å². The highest BCUT2D eigenvalue weighted by atomic mass is 35.5. The lowest BCUT2D eigenvalue weighted by Crippen LogP contribution is -2.44. The van der Waals surface area contributed by atoms with Crippen LogP contribution in [-0.2, 0) is 4.79 Å². The Morgan fingerprint density at radius 1 is 1.40 bits per heavy atom. The van der Waals surface area contributed by atoms with Crippen LogP contribution in [0.1, 0.15) is 18.4 Å². The lowest BCUT2D eigenvalue weighted by molar-refractivity contribution is -0.131. The number of rotatable bonds is 3. The molecule has 5 nitrogen and oxygen atoms in total. The van der Waals surface area contributed by atoms with E-state index in [1.807, 2.05) is 12.1 Å². The van der Waals surface area contributed by atoms with Gasteiger partial charge in [0.2, 0.25) is 5.91 Å². The molecule has 0 aromatic heterocycles. The summed E-state index contributed by atoms with van der Waals surface area (Å²) in [5.41, 5.74) is 5.88. The van der Waals surface area contributed by atoms with Crippen molar-refractivity contribution < 1.29 is 9.53 Å². The van der Waals surface area contributed by atoms with Crippen molar-refractivity contribution in [2.24, 2.45) is 5.73 Å². The molecule has 0 aliphatic carbocycles. The number of carbonyl (C=O) groups excluding carboxylic acids is 1. The molecule has 0 unspecified atom stereocenters. The van der Waals surface area contributed by atoms with Gasteiger partial charge in [0, 0.05) is 25.9 Å². The summed E-state index contributed by atoms with van der Waals surface area (Å²) in [6, 6.07) is 9.32. The fourth-order valence-corrected chi connectivity index (χ4v) is 2.19. The third kappa shape index (κ3) is 3.86. The second-order valence-corrected chi connectivity index (χ2v) is 4.51. The molecule has 2 N–H and O–H groups in total. The number of nitriles is 1. The highest BCUT2D eigenvalue weighted by molar-refractivity contribution is 5.85. The molecule has 6 heteroatoms. The molecule has 1 saturated heterocycles. The van der Waals surface area contributed by atoms with Crippen LogP contribution in [0.5, 0.6) is 5.75 Å². The predicted octanol–water partition coefficient (Wildman–Crippen LogP) is 1.31. The van der Waals surface area contributed by atoms with Gasteiger partial charge < -0.3 is 15.4 Å². The Labute approximate surface area is 124 Å². The lowest BCUT2D eigenvalue weighted by Gasteiger charge is -2.32. The number of hydrogen-bond donors (Lipinski definition) is 1. The van der Waals surface area contributed by atoms with Gasteiger partial charge in [-0.2, -0.15) is 5.26 Å². The third-order valence-corrected chi connectivity index (χ3v) is 3.27. The monoisotopic (exact) mass is 295 g/mol. The largest absolute Gasteiger partial charge is 0.489 e. The minimum absolute atomic E-state index is 0. The molecule has 108 valence electrons. The highest BCUT2D eigenvalue weighted by Crippen LogP contribution is 2.22. The maximum absolute atomic E-state index is 11.4. The van der Waals surface area contributed by atoms with Gasteiger partial charge in [0.05, 0.1) is 12.1 Å². The van der Waals surface area contributed by atoms with Gasteiger partial charge in [-0.25, -0.2) is 0 Å². The molecule has 0 bridgehead atoms. The first-order valence-corrected chi connectivity index (χ1v) is 6.38. The lowest BCUT2D eigenvalue weighted by atomic mass is 10.1. The summed E-state index contributed by atoms with van der Waals surface area (Å²) < 4.78 is 5.85. The summed E-state index contributed by atoms with van der Waals surface area (Å²) in [6.07, 6.45) is 1.59. The second kappa shape index (κ2) is 7.73. The van der Waals surface area contributed by atoms with Gasteiger partial charge in [0.25, 0.3) is 0 Å². The SMILES string of the molecule is Cl.N#Cc1ccccc1OC1CCN(C(=O)CN)CC1. The Morgan fingerprint density at radius 2 is 2.05 bits per heavy atom. The molecule has 1 heterocycles. The van der Waals surface area contributed by atoms with Crippen molar-refractivity contribution in [1.29, 1.82) is 5.26 Å². The fourth-order valence-electron chi connectivity index (χ4n) is 2.19. The summed E-state index contributed by atoms with van der Waals surface area (Å²) in [4.78, 5) is 13.2. The number of nitrogens with two attached hydrogens (primary N) is 1.